The molecule has 7 nitrogen and oxygen atoms in total. The molecule has 0 spiro atoms. The monoisotopic (exact) mass is 379 g/mol. The summed E-state index contributed by atoms with van der Waals surface area (Å²) in [5, 5.41) is 5.33. The molecule has 0 saturated carbocycles. The van der Waals surface area contributed by atoms with Crippen LogP contribution in [0.1, 0.15) is 37.2 Å². The SMILES string of the molecule is COc1cc(Cl)ccc1C1CCN(C(=O)CCC2NC(=O)NC2=O)CC1. The number of nitrogens with one attached hydrogen (secondary N) is 2. The van der Waals surface area contributed by atoms with Gasteiger partial charge in [0, 0.05) is 24.5 Å². The number of ether oxygens (including phenoxy) is 1. The molecule has 1 unspecified atom stereocenters. The minimum Gasteiger partial charge on any atom is -0.496 e. The number of imide groups is 1. The molecule has 140 valence electrons. The third-order valence-electron chi connectivity index (χ3n) is 4.99. The topological polar surface area (TPSA) is 87.7 Å². The molecule has 1 aromatic rings. The Morgan fingerprint density at radius 3 is 2.65 bits per heavy atom. The van der Waals surface area contributed by atoms with Crippen LogP contribution in [0.4, 0.5) is 4.79 Å². The van der Waals surface area contributed by atoms with E-state index in [1.165, 1.54) is 0 Å². The summed E-state index contributed by atoms with van der Waals surface area (Å²) in [7, 11) is 1.63. The van der Waals surface area contributed by atoms with Crippen molar-refractivity contribution in [1.29, 1.82) is 0 Å². The number of carbonyl (C=O) groups excluding carboxylic acids is 3. The highest BCUT2D eigenvalue weighted by Crippen LogP contribution is 2.35. The largest absolute Gasteiger partial charge is 0.496 e. The number of hydrogen-bond acceptors (Lipinski definition) is 4. The Morgan fingerprint density at radius 2 is 2.04 bits per heavy atom. The number of amides is 4. The van der Waals surface area contributed by atoms with Gasteiger partial charge >= 0.3 is 6.03 Å². The lowest BCUT2D eigenvalue weighted by Gasteiger charge is -2.33. The quantitative estimate of drug-likeness (QED) is 0.766. The van der Waals surface area contributed by atoms with Gasteiger partial charge in [-0.1, -0.05) is 17.7 Å². The number of carbonyl (C=O) groups is 3. The van der Waals surface area contributed by atoms with Gasteiger partial charge in [0.05, 0.1) is 7.11 Å². The van der Waals surface area contributed by atoms with Gasteiger partial charge in [-0.3, -0.25) is 14.9 Å². The predicted molar refractivity (Wildman–Crippen MR) is 96.3 cm³/mol. The van der Waals surface area contributed by atoms with E-state index in [9.17, 15) is 14.4 Å². The highest BCUT2D eigenvalue weighted by atomic mass is 35.5. The predicted octanol–water partition coefficient (Wildman–Crippen LogP) is 2.04. The third-order valence-corrected chi connectivity index (χ3v) is 5.22. The van der Waals surface area contributed by atoms with Crippen molar-refractivity contribution in [2.75, 3.05) is 20.2 Å². The first-order valence-electron chi connectivity index (χ1n) is 8.70. The molecule has 1 aromatic carbocycles. The summed E-state index contributed by atoms with van der Waals surface area (Å²) < 4.78 is 5.43. The van der Waals surface area contributed by atoms with Gasteiger partial charge in [-0.2, -0.15) is 0 Å². The van der Waals surface area contributed by atoms with Crippen molar-refractivity contribution in [1.82, 2.24) is 15.5 Å². The smallest absolute Gasteiger partial charge is 0.322 e. The number of piperidine rings is 1. The number of urea groups is 1. The molecular formula is C18H22ClN3O4. The number of hydrogen-bond donors (Lipinski definition) is 2. The van der Waals surface area contributed by atoms with Crippen molar-refractivity contribution in [2.45, 2.75) is 37.6 Å². The lowest BCUT2D eigenvalue weighted by atomic mass is 9.88. The van der Waals surface area contributed by atoms with Crippen LogP contribution in [0.25, 0.3) is 0 Å². The Bertz CT molecular complexity index is 716. The molecule has 0 radical (unpaired) electrons. The van der Waals surface area contributed by atoms with E-state index in [0.29, 0.717) is 30.5 Å². The second kappa shape index (κ2) is 7.95. The molecular weight excluding hydrogens is 358 g/mol. The maximum absolute atomic E-state index is 12.4. The zero-order valence-corrected chi connectivity index (χ0v) is 15.3. The van der Waals surface area contributed by atoms with Crippen molar-refractivity contribution >= 4 is 29.4 Å². The summed E-state index contributed by atoms with van der Waals surface area (Å²) in [5.41, 5.74) is 1.12. The zero-order chi connectivity index (χ0) is 18.7. The summed E-state index contributed by atoms with van der Waals surface area (Å²) >= 11 is 6.02. The average molecular weight is 380 g/mol. The molecule has 2 saturated heterocycles. The van der Waals surface area contributed by atoms with E-state index in [-0.39, 0.29) is 18.2 Å². The molecule has 2 heterocycles. The fourth-order valence-electron chi connectivity index (χ4n) is 3.55. The molecule has 2 aliphatic heterocycles. The van der Waals surface area contributed by atoms with Crippen LogP contribution in [0.2, 0.25) is 5.02 Å². The summed E-state index contributed by atoms with van der Waals surface area (Å²) in [5.74, 6) is 0.758. The number of rotatable bonds is 5. The molecule has 2 fully saturated rings. The third kappa shape index (κ3) is 4.09. The summed E-state index contributed by atoms with van der Waals surface area (Å²) in [6.45, 7) is 1.33. The molecule has 8 heteroatoms. The van der Waals surface area contributed by atoms with Crippen LogP contribution in [0.15, 0.2) is 18.2 Å². The van der Waals surface area contributed by atoms with Gasteiger partial charge in [0.25, 0.3) is 5.91 Å². The number of nitrogens with zero attached hydrogens (tertiary/aromatic N) is 1. The van der Waals surface area contributed by atoms with Gasteiger partial charge in [0.1, 0.15) is 11.8 Å². The van der Waals surface area contributed by atoms with E-state index >= 15 is 0 Å². The minimum atomic E-state index is -0.609. The molecule has 1 atom stereocenters. The standard InChI is InChI=1S/C18H22ClN3O4/c1-26-15-10-12(19)2-3-13(15)11-6-8-22(9-7-11)16(23)5-4-14-17(24)21-18(25)20-14/h2-3,10-11,14H,4-9H2,1H3,(H2,20,21,24,25). The van der Waals surface area contributed by atoms with Crippen LogP contribution in [0.3, 0.4) is 0 Å². The number of benzene rings is 1. The Morgan fingerprint density at radius 1 is 1.31 bits per heavy atom. The van der Waals surface area contributed by atoms with E-state index in [4.69, 9.17) is 16.3 Å². The maximum atomic E-state index is 12.4. The Kier molecular flexibility index (Phi) is 5.66. The van der Waals surface area contributed by atoms with Gasteiger partial charge in [-0.05, 0) is 42.9 Å². The summed E-state index contributed by atoms with van der Waals surface area (Å²) in [4.78, 5) is 36.8. The fourth-order valence-corrected chi connectivity index (χ4v) is 3.71. The summed E-state index contributed by atoms with van der Waals surface area (Å²) in [6, 6.07) is 4.56. The Hall–Kier alpha value is -2.28. The van der Waals surface area contributed by atoms with Crippen LogP contribution in [0, 0.1) is 0 Å². The molecule has 2 aliphatic rings. The first kappa shape index (κ1) is 18.5. The lowest BCUT2D eigenvalue weighted by Crippen LogP contribution is -2.39. The molecule has 4 amide bonds. The minimum absolute atomic E-state index is 0.0143. The van der Waals surface area contributed by atoms with E-state index in [1.54, 1.807) is 7.11 Å². The number of methoxy groups -OCH3 is 1. The highest BCUT2D eigenvalue weighted by Gasteiger charge is 2.31. The van der Waals surface area contributed by atoms with Crippen LogP contribution in [-0.4, -0.2) is 49.0 Å². The Balaban J connectivity index is 1.51. The molecule has 0 aliphatic carbocycles. The van der Waals surface area contributed by atoms with Crippen LogP contribution >= 0.6 is 11.6 Å². The van der Waals surface area contributed by atoms with Crippen LogP contribution in [-0.2, 0) is 9.59 Å². The number of halogens is 1. The average Bonchev–Trinajstić information content (AvgIpc) is 2.97. The Labute approximate surface area is 157 Å². The second-order valence-electron chi connectivity index (χ2n) is 6.60. The van der Waals surface area contributed by atoms with Crippen LogP contribution in [0.5, 0.6) is 5.75 Å². The van der Waals surface area contributed by atoms with Crippen molar-refractivity contribution in [2.24, 2.45) is 0 Å². The second-order valence-corrected chi connectivity index (χ2v) is 7.03. The van der Waals surface area contributed by atoms with Gasteiger partial charge < -0.3 is 15.0 Å². The van der Waals surface area contributed by atoms with Crippen LogP contribution < -0.4 is 15.4 Å². The van der Waals surface area contributed by atoms with E-state index in [0.717, 1.165) is 24.2 Å². The number of likely N-dealkylation sites (tertiary alicyclic amines) is 1. The molecule has 26 heavy (non-hydrogen) atoms. The van der Waals surface area contributed by atoms with E-state index < -0.39 is 12.1 Å². The van der Waals surface area contributed by atoms with Crippen molar-refractivity contribution in [3.63, 3.8) is 0 Å². The fraction of sp³-hybridized carbons (Fsp3) is 0.500. The van der Waals surface area contributed by atoms with E-state index in [1.807, 2.05) is 23.1 Å². The van der Waals surface area contributed by atoms with Gasteiger partial charge in [-0.15, -0.1) is 0 Å². The van der Waals surface area contributed by atoms with Crippen molar-refractivity contribution in [3.8, 4) is 5.75 Å². The molecule has 0 aromatic heterocycles. The van der Waals surface area contributed by atoms with Gasteiger partial charge in [0.2, 0.25) is 5.91 Å². The maximum Gasteiger partial charge on any atom is 0.322 e. The first-order chi connectivity index (χ1) is 12.5. The first-order valence-corrected chi connectivity index (χ1v) is 9.08. The molecule has 0 bridgehead atoms. The van der Waals surface area contributed by atoms with Gasteiger partial charge in [-0.25, -0.2) is 4.79 Å². The summed E-state index contributed by atoms with van der Waals surface area (Å²) in [6.07, 6.45) is 2.27. The van der Waals surface area contributed by atoms with Crippen molar-refractivity contribution < 1.29 is 19.1 Å². The van der Waals surface area contributed by atoms with E-state index in [2.05, 4.69) is 10.6 Å². The zero-order valence-electron chi connectivity index (χ0n) is 14.6. The molecule has 2 N–H and O–H groups in total. The van der Waals surface area contributed by atoms with Crippen molar-refractivity contribution in [3.05, 3.63) is 28.8 Å². The normalized spacial score (nSPS) is 20.7. The van der Waals surface area contributed by atoms with Gasteiger partial charge in [0.15, 0.2) is 0 Å². The lowest BCUT2D eigenvalue weighted by molar-refractivity contribution is -0.132. The highest BCUT2D eigenvalue weighted by molar-refractivity contribution is 6.30. The molecule has 3 rings (SSSR count).